The molecule has 0 fully saturated rings. The van der Waals surface area contributed by atoms with Crippen LogP contribution in [0.5, 0.6) is 11.5 Å². The third-order valence-corrected chi connectivity index (χ3v) is 3.87. The Morgan fingerprint density at radius 3 is 2.25 bits per heavy atom. The van der Waals surface area contributed by atoms with Crippen molar-refractivity contribution in [1.82, 2.24) is 5.32 Å². The van der Waals surface area contributed by atoms with Gasteiger partial charge in [0.2, 0.25) is 0 Å². The molecule has 1 heterocycles. The molecule has 0 aliphatic carbocycles. The van der Waals surface area contributed by atoms with Crippen LogP contribution in [0.3, 0.4) is 0 Å². The van der Waals surface area contributed by atoms with Crippen LogP contribution in [-0.4, -0.2) is 23.3 Å². The van der Waals surface area contributed by atoms with E-state index in [1.807, 2.05) is 18.2 Å². The molecule has 3 nitrogen and oxygen atoms in total. The van der Waals surface area contributed by atoms with Crippen molar-refractivity contribution in [2.45, 2.75) is 19.3 Å². The van der Waals surface area contributed by atoms with Gasteiger partial charge in [-0.2, -0.15) is 0 Å². The van der Waals surface area contributed by atoms with E-state index < -0.39 is 0 Å². The number of hydrogen-bond donors (Lipinski definition) is 3. The van der Waals surface area contributed by atoms with E-state index >= 15 is 0 Å². The number of hydrogen-bond acceptors (Lipinski definition) is 3. The number of rotatable bonds is 2. The van der Waals surface area contributed by atoms with Crippen molar-refractivity contribution in [1.29, 1.82) is 0 Å². The molecule has 104 valence electrons. The van der Waals surface area contributed by atoms with Gasteiger partial charge in [0.25, 0.3) is 0 Å². The molecule has 1 aliphatic rings. The Morgan fingerprint density at radius 1 is 0.900 bits per heavy atom. The zero-order valence-corrected chi connectivity index (χ0v) is 11.4. The second-order valence-corrected chi connectivity index (χ2v) is 5.34. The van der Waals surface area contributed by atoms with Crippen LogP contribution < -0.4 is 5.32 Å². The molecular weight excluding hydrogens is 250 g/mol. The first-order chi connectivity index (χ1) is 9.72. The van der Waals surface area contributed by atoms with Crippen molar-refractivity contribution in [2.75, 3.05) is 13.1 Å². The number of phenols is 2. The summed E-state index contributed by atoms with van der Waals surface area (Å²) >= 11 is 0. The van der Waals surface area contributed by atoms with Crippen LogP contribution in [0.25, 0.3) is 0 Å². The van der Waals surface area contributed by atoms with Crippen LogP contribution in [0, 0.1) is 0 Å². The second kappa shape index (κ2) is 5.55. The SMILES string of the molecule is Oc1ccc(Cc2cc3c(cc2O)CCNCC3)cc1. The topological polar surface area (TPSA) is 52.5 Å². The molecule has 0 unspecified atom stereocenters. The largest absolute Gasteiger partial charge is 0.508 e. The Labute approximate surface area is 118 Å². The van der Waals surface area contributed by atoms with Crippen LogP contribution in [0.1, 0.15) is 22.3 Å². The number of phenolic OH excluding ortho intramolecular Hbond substituents is 2. The van der Waals surface area contributed by atoms with Gasteiger partial charge in [0, 0.05) is 6.42 Å². The molecule has 3 N–H and O–H groups in total. The Kier molecular flexibility index (Phi) is 3.61. The lowest BCUT2D eigenvalue weighted by Gasteiger charge is -2.11. The van der Waals surface area contributed by atoms with Crippen LogP contribution in [0.2, 0.25) is 0 Å². The number of fused-ring (bicyclic) bond motifs is 1. The van der Waals surface area contributed by atoms with E-state index in [2.05, 4.69) is 11.4 Å². The first-order valence-corrected chi connectivity index (χ1v) is 7.04. The summed E-state index contributed by atoms with van der Waals surface area (Å²) in [5.41, 5.74) is 4.63. The van der Waals surface area contributed by atoms with E-state index in [1.165, 1.54) is 11.1 Å². The van der Waals surface area contributed by atoms with Gasteiger partial charge in [-0.25, -0.2) is 0 Å². The zero-order valence-electron chi connectivity index (χ0n) is 11.4. The van der Waals surface area contributed by atoms with Gasteiger partial charge in [-0.1, -0.05) is 18.2 Å². The standard InChI is InChI=1S/C17H19NO2/c19-16-3-1-12(2-4-16)9-15-10-13-5-7-18-8-6-14(13)11-17(15)20/h1-4,10-11,18-20H,5-9H2. The highest BCUT2D eigenvalue weighted by atomic mass is 16.3. The quantitative estimate of drug-likeness (QED) is 0.784. The van der Waals surface area contributed by atoms with Crippen molar-refractivity contribution in [3.63, 3.8) is 0 Å². The highest BCUT2D eigenvalue weighted by molar-refractivity contribution is 5.45. The lowest BCUT2D eigenvalue weighted by Crippen LogP contribution is -2.16. The van der Waals surface area contributed by atoms with E-state index in [9.17, 15) is 10.2 Å². The van der Waals surface area contributed by atoms with Crippen molar-refractivity contribution in [2.24, 2.45) is 0 Å². The smallest absolute Gasteiger partial charge is 0.119 e. The van der Waals surface area contributed by atoms with Gasteiger partial charge in [-0.05, 0) is 66.4 Å². The van der Waals surface area contributed by atoms with Gasteiger partial charge < -0.3 is 15.5 Å². The molecule has 20 heavy (non-hydrogen) atoms. The maximum absolute atomic E-state index is 10.2. The summed E-state index contributed by atoms with van der Waals surface area (Å²) in [5, 5.41) is 22.9. The lowest BCUT2D eigenvalue weighted by atomic mass is 9.95. The maximum atomic E-state index is 10.2. The van der Waals surface area contributed by atoms with Crippen LogP contribution in [-0.2, 0) is 19.3 Å². The molecule has 0 bridgehead atoms. The van der Waals surface area contributed by atoms with Gasteiger partial charge in [-0.15, -0.1) is 0 Å². The third-order valence-electron chi connectivity index (χ3n) is 3.87. The highest BCUT2D eigenvalue weighted by Gasteiger charge is 2.12. The van der Waals surface area contributed by atoms with Crippen LogP contribution >= 0.6 is 0 Å². The Bertz CT molecular complexity index is 605. The van der Waals surface area contributed by atoms with E-state index in [4.69, 9.17) is 0 Å². The summed E-state index contributed by atoms with van der Waals surface area (Å²) in [5.74, 6) is 0.643. The van der Waals surface area contributed by atoms with Gasteiger partial charge in [0.1, 0.15) is 11.5 Å². The minimum atomic E-state index is 0.269. The molecule has 2 aromatic rings. The van der Waals surface area contributed by atoms with E-state index in [0.29, 0.717) is 12.2 Å². The van der Waals surface area contributed by atoms with E-state index in [-0.39, 0.29) is 5.75 Å². The molecule has 0 saturated carbocycles. The number of benzene rings is 2. The van der Waals surface area contributed by atoms with Crippen molar-refractivity contribution < 1.29 is 10.2 Å². The van der Waals surface area contributed by atoms with E-state index in [0.717, 1.165) is 37.1 Å². The molecule has 3 rings (SSSR count). The first kappa shape index (κ1) is 13.0. The molecule has 0 atom stereocenters. The fraction of sp³-hybridized carbons (Fsp3) is 0.294. The molecule has 0 aromatic heterocycles. The second-order valence-electron chi connectivity index (χ2n) is 5.34. The normalized spacial score (nSPS) is 14.6. The van der Waals surface area contributed by atoms with Gasteiger partial charge in [0.05, 0.1) is 0 Å². The molecule has 3 heteroatoms. The first-order valence-electron chi connectivity index (χ1n) is 7.04. The zero-order chi connectivity index (χ0) is 13.9. The molecule has 2 aromatic carbocycles. The number of nitrogens with one attached hydrogen (secondary N) is 1. The molecule has 1 aliphatic heterocycles. The van der Waals surface area contributed by atoms with Crippen LogP contribution in [0.4, 0.5) is 0 Å². The summed E-state index contributed by atoms with van der Waals surface area (Å²) in [6, 6.07) is 11.2. The fourth-order valence-corrected chi connectivity index (χ4v) is 2.74. The van der Waals surface area contributed by atoms with Crippen molar-refractivity contribution in [3.8, 4) is 11.5 Å². The summed E-state index contributed by atoms with van der Waals surface area (Å²) in [6.07, 6.45) is 2.67. The molecular formula is C17H19NO2. The predicted octanol–water partition coefficient (Wildman–Crippen LogP) is 2.38. The highest BCUT2D eigenvalue weighted by Crippen LogP contribution is 2.27. The molecule has 0 radical (unpaired) electrons. The minimum absolute atomic E-state index is 0.269. The monoisotopic (exact) mass is 269 g/mol. The molecule has 0 saturated heterocycles. The average Bonchev–Trinajstić information content (AvgIpc) is 2.67. The fourth-order valence-electron chi connectivity index (χ4n) is 2.74. The van der Waals surface area contributed by atoms with Gasteiger partial charge in [0.15, 0.2) is 0 Å². The molecule has 0 amide bonds. The predicted molar refractivity (Wildman–Crippen MR) is 79.3 cm³/mol. The van der Waals surface area contributed by atoms with E-state index in [1.54, 1.807) is 12.1 Å². The van der Waals surface area contributed by atoms with Crippen molar-refractivity contribution in [3.05, 3.63) is 58.7 Å². The van der Waals surface area contributed by atoms with Gasteiger partial charge in [-0.3, -0.25) is 0 Å². The lowest BCUT2D eigenvalue weighted by molar-refractivity contribution is 0.468. The summed E-state index contributed by atoms with van der Waals surface area (Å²) in [4.78, 5) is 0. The Morgan fingerprint density at radius 2 is 1.55 bits per heavy atom. The summed E-state index contributed by atoms with van der Waals surface area (Å²) in [6.45, 7) is 1.97. The maximum Gasteiger partial charge on any atom is 0.119 e. The number of aromatic hydroxyl groups is 2. The van der Waals surface area contributed by atoms with Gasteiger partial charge >= 0.3 is 0 Å². The Hall–Kier alpha value is -2.00. The average molecular weight is 269 g/mol. The molecule has 0 spiro atoms. The summed E-state index contributed by atoms with van der Waals surface area (Å²) in [7, 11) is 0. The summed E-state index contributed by atoms with van der Waals surface area (Å²) < 4.78 is 0. The van der Waals surface area contributed by atoms with Crippen molar-refractivity contribution >= 4 is 0 Å². The minimum Gasteiger partial charge on any atom is -0.508 e. The van der Waals surface area contributed by atoms with Crippen LogP contribution in [0.15, 0.2) is 36.4 Å². The third kappa shape index (κ3) is 2.78. The Balaban J connectivity index is 1.89.